The van der Waals surface area contributed by atoms with Gasteiger partial charge in [0, 0.05) is 0 Å². The molecule has 0 saturated heterocycles. The lowest BCUT2D eigenvalue weighted by atomic mass is 9.48. The predicted octanol–water partition coefficient (Wildman–Crippen LogP) is 4.70. The largest absolute Gasteiger partial charge is 0.397 e. The smallest absolute Gasteiger partial charge is 0.0641 e. The number of benzene rings is 1. The Balaban J connectivity index is 1.79. The number of hydrogen-bond acceptors (Lipinski definition) is 1. The fraction of sp³-hybridized carbons (Fsp3) is 0.647. The molecular formula is C17H22ClN. The first-order valence-electron chi connectivity index (χ1n) is 7.62. The van der Waals surface area contributed by atoms with Crippen molar-refractivity contribution in [2.45, 2.75) is 50.9 Å². The molecule has 0 radical (unpaired) electrons. The zero-order valence-electron chi connectivity index (χ0n) is 11.6. The number of anilines is 1. The molecule has 4 aliphatic rings. The average molecular weight is 276 g/mol. The van der Waals surface area contributed by atoms with E-state index in [1.54, 1.807) is 0 Å². The highest BCUT2D eigenvalue weighted by Gasteiger charge is 2.51. The van der Waals surface area contributed by atoms with E-state index in [1.807, 2.05) is 0 Å². The maximum atomic E-state index is 6.33. The van der Waals surface area contributed by atoms with Gasteiger partial charge in [-0.05, 0) is 85.8 Å². The molecule has 4 fully saturated rings. The third-order valence-corrected chi connectivity index (χ3v) is 6.30. The Labute approximate surface area is 120 Å². The molecule has 2 heteroatoms. The molecule has 0 heterocycles. The van der Waals surface area contributed by atoms with E-state index in [4.69, 9.17) is 17.3 Å². The fourth-order valence-corrected chi connectivity index (χ4v) is 5.79. The zero-order chi connectivity index (χ0) is 13.2. The lowest BCUT2D eigenvalue weighted by molar-refractivity contribution is -0.00520. The van der Waals surface area contributed by atoms with Gasteiger partial charge in [0.25, 0.3) is 0 Å². The molecule has 0 aromatic heterocycles. The van der Waals surface area contributed by atoms with Crippen LogP contribution in [0, 0.1) is 24.7 Å². The van der Waals surface area contributed by atoms with Crippen LogP contribution in [0.2, 0.25) is 5.02 Å². The third kappa shape index (κ3) is 1.74. The number of rotatable bonds is 1. The van der Waals surface area contributed by atoms with E-state index in [-0.39, 0.29) is 0 Å². The Morgan fingerprint density at radius 1 is 1.05 bits per heavy atom. The highest BCUT2D eigenvalue weighted by Crippen LogP contribution is 2.61. The van der Waals surface area contributed by atoms with Gasteiger partial charge in [0.1, 0.15) is 0 Å². The highest BCUT2D eigenvalue weighted by molar-refractivity contribution is 6.33. The summed E-state index contributed by atoms with van der Waals surface area (Å²) in [6, 6.07) is 4.48. The van der Waals surface area contributed by atoms with Gasteiger partial charge in [-0.25, -0.2) is 0 Å². The van der Waals surface area contributed by atoms with Crippen LogP contribution in [0.4, 0.5) is 5.69 Å². The summed E-state index contributed by atoms with van der Waals surface area (Å²) < 4.78 is 0. The molecule has 19 heavy (non-hydrogen) atoms. The maximum Gasteiger partial charge on any atom is 0.0641 e. The van der Waals surface area contributed by atoms with Gasteiger partial charge in [0.2, 0.25) is 0 Å². The molecule has 0 aliphatic heterocycles. The van der Waals surface area contributed by atoms with Crippen molar-refractivity contribution < 1.29 is 0 Å². The molecule has 1 aromatic rings. The maximum absolute atomic E-state index is 6.33. The second kappa shape index (κ2) is 3.91. The predicted molar refractivity (Wildman–Crippen MR) is 80.5 cm³/mol. The van der Waals surface area contributed by atoms with Crippen molar-refractivity contribution in [3.8, 4) is 0 Å². The normalized spacial score (nSPS) is 39.8. The van der Waals surface area contributed by atoms with E-state index in [0.717, 1.165) is 34.0 Å². The first-order valence-corrected chi connectivity index (χ1v) is 8.00. The summed E-state index contributed by atoms with van der Waals surface area (Å²) in [7, 11) is 0. The Morgan fingerprint density at radius 3 is 2.05 bits per heavy atom. The van der Waals surface area contributed by atoms with Crippen LogP contribution in [0.3, 0.4) is 0 Å². The number of nitrogens with two attached hydrogens (primary N) is 1. The zero-order valence-corrected chi connectivity index (χ0v) is 12.3. The quantitative estimate of drug-likeness (QED) is 0.739. The molecule has 0 spiro atoms. The molecule has 0 atom stereocenters. The van der Waals surface area contributed by atoms with Crippen LogP contribution in [0.25, 0.3) is 0 Å². The van der Waals surface area contributed by atoms with Crippen molar-refractivity contribution in [3.63, 3.8) is 0 Å². The van der Waals surface area contributed by atoms with E-state index >= 15 is 0 Å². The van der Waals surface area contributed by atoms with Crippen LogP contribution >= 0.6 is 11.6 Å². The van der Waals surface area contributed by atoms with Gasteiger partial charge in [0.05, 0.1) is 10.7 Å². The van der Waals surface area contributed by atoms with E-state index in [1.165, 1.54) is 44.1 Å². The number of aryl methyl sites for hydroxylation is 1. The third-order valence-electron chi connectivity index (χ3n) is 5.99. The summed E-state index contributed by atoms with van der Waals surface area (Å²) in [6.07, 6.45) is 8.62. The van der Waals surface area contributed by atoms with Gasteiger partial charge in [-0.3, -0.25) is 0 Å². The molecule has 102 valence electrons. The summed E-state index contributed by atoms with van der Waals surface area (Å²) in [4.78, 5) is 0. The molecule has 4 saturated carbocycles. The van der Waals surface area contributed by atoms with Gasteiger partial charge in [-0.1, -0.05) is 17.7 Å². The van der Waals surface area contributed by atoms with Gasteiger partial charge >= 0.3 is 0 Å². The van der Waals surface area contributed by atoms with Crippen molar-refractivity contribution in [1.29, 1.82) is 0 Å². The summed E-state index contributed by atoms with van der Waals surface area (Å²) in [5.74, 6) is 2.92. The molecule has 5 rings (SSSR count). The summed E-state index contributed by atoms with van der Waals surface area (Å²) in [5, 5.41) is 0.755. The highest BCUT2D eigenvalue weighted by atomic mass is 35.5. The van der Waals surface area contributed by atoms with Crippen LogP contribution in [0.15, 0.2) is 12.1 Å². The monoisotopic (exact) mass is 275 g/mol. The van der Waals surface area contributed by atoms with Crippen LogP contribution < -0.4 is 5.73 Å². The number of halogens is 1. The molecule has 2 N–H and O–H groups in total. The standard InChI is InChI=1S/C17H22ClN/c1-10-2-14(6-15(18)16(10)19)17-7-11-3-12(8-17)5-13(4-11)9-17/h2,6,11-13H,3-5,7-9,19H2,1H3. The lowest BCUT2D eigenvalue weighted by Gasteiger charge is -2.57. The molecule has 0 unspecified atom stereocenters. The Morgan fingerprint density at radius 2 is 1.58 bits per heavy atom. The Hall–Kier alpha value is -0.690. The molecule has 0 amide bonds. The van der Waals surface area contributed by atoms with Crippen LogP contribution in [0.1, 0.15) is 49.7 Å². The lowest BCUT2D eigenvalue weighted by Crippen LogP contribution is -2.48. The van der Waals surface area contributed by atoms with Crippen molar-refractivity contribution in [2.24, 2.45) is 17.8 Å². The van der Waals surface area contributed by atoms with E-state index < -0.39 is 0 Å². The van der Waals surface area contributed by atoms with Gasteiger partial charge in [-0.2, -0.15) is 0 Å². The van der Waals surface area contributed by atoms with E-state index in [9.17, 15) is 0 Å². The van der Waals surface area contributed by atoms with Crippen molar-refractivity contribution in [3.05, 3.63) is 28.3 Å². The average Bonchev–Trinajstić information content (AvgIpc) is 2.33. The minimum Gasteiger partial charge on any atom is -0.397 e. The van der Waals surface area contributed by atoms with Crippen molar-refractivity contribution in [2.75, 3.05) is 5.73 Å². The van der Waals surface area contributed by atoms with Gasteiger partial charge < -0.3 is 5.73 Å². The Kier molecular flexibility index (Phi) is 2.49. The number of hydrogen-bond donors (Lipinski definition) is 1. The minimum atomic E-state index is 0.427. The fourth-order valence-electron chi connectivity index (χ4n) is 5.53. The summed E-state index contributed by atoms with van der Waals surface area (Å²) in [6.45, 7) is 2.09. The van der Waals surface area contributed by atoms with E-state index in [0.29, 0.717) is 5.41 Å². The molecule has 1 aromatic carbocycles. The first kappa shape index (κ1) is 12.1. The minimum absolute atomic E-state index is 0.427. The first-order chi connectivity index (χ1) is 9.06. The van der Waals surface area contributed by atoms with E-state index in [2.05, 4.69) is 19.1 Å². The summed E-state index contributed by atoms with van der Waals surface area (Å²) in [5.41, 5.74) is 9.82. The molecule has 1 nitrogen and oxygen atoms in total. The second-order valence-corrected chi connectivity index (χ2v) is 7.79. The SMILES string of the molecule is Cc1cc(C23CC4CC(CC(C4)C2)C3)cc(Cl)c1N. The molecule has 4 bridgehead atoms. The van der Waals surface area contributed by atoms with Crippen molar-refractivity contribution >= 4 is 17.3 Å². The Bertz CT molecular complexity index is 476. The second-order valence-electron chi connectivity index (χ2n) is 7.39. The van der Waals surface area contributed by atoms with Gasteiger partial charge in [0.15, 0.2) is 0 Å². The van der Waals surface area contributed by atoms with Crippen LogP contribution in [0.5, 0.6) is 0 Å². The molecular weight excluding hydrogens is 254 g/mol. The number of nitrogen functional groups attached to an aromatic ring is 1. The van der Waals surface area contributed by atoms with Crippen LogP contribution in [-0.4, -0.2) is 0 Å². The van der Waals surface area contributed by atoms with Crippen LogP contribution in [-0.2, 0) is 5.41 Å². The molecule has 4 aliphatic carbocycles. The van der Waals surface area contributed by atoms with Crippen molar-refractivity contribution in [1.82, 2.24) is 0 Å². The van der Waals surface area contributed by atoms with Gasteiger partial charge in [-0.15, -0.1) is 0 Å². The summed E-state index contributed by atoms with van der Waals surface area (Å²) >= 11 is 6.33. The topological polar surface area (TPSA) is 26.0 Å².